The largest absolute Gasteiger partial charge is 0.493 e. The van der Waals surface area contributed by atoms with Gasteiger partial charge >= 0.3 is 5.69 Å². The summed E-state index contributed by atoms with van der Waals surface area (Å²) in [5.74, 6) is 0.124. The lowest BCUT2D eigenvalue weighted by Crippen LogP contribution is -2.43. The van der Waals surface area contributed by atoms with Gasteiger partial charge in [-0.2, -0.15) is 0 Å². The van der Waals surface area contributed by atoms with E-state index in [1.54, 1.807) is 18.2 Å². The summed E-state index contributed by atoms with van der Waals surface area (Å²) in [6.07, 6.45) is 1.34. The van der Waals surface area contributed by atoms with Crippen molar-refractivity contribution in [2.45, 2.75) is 32.0 Å². The van der Waals surface area contributed by atoms with Crippen LogP contribution in [0.1, 0.15) is 12.8 Å². The van der Waals surface area contributed by atoms with E-state index in [-0.39, 0.29) is 40.1 Å². The van der Waals surface area contributed by atoms with Gasteiger partial charge in [0.25, 0.3) is 5.56 Å². The van der Waals surface area contributed by atoms with Crippen molar-refractivity contribution in [1.82, 2.24) is 9.13 Å². The minimum Gasteiger partial charge on any atom is -0.493 e. The molecular weight excluding hydrogens is 485 g/mol. The van der Waals surface area contributed by atoms with Gasteiger partial charge in [0.15, 0.2) is 11.5 Å². The van der Waals surface area contributed by atoms with Crippen LogP contribution >= 0.6 is 23.2 Å². The molecule has 4 rings (SSSR count). The van der Waals surface area contributed by atoms with Gasteiger partial charge in [0.1, 0.15) is 6.54 Å². The monoisotopic (exact) mass is 507 g/mol. The second kappa shape index (κ2) is 10.1. The van der Waals surface area contributed by atoms with Gasteiger partial charge in [-0.25, -0.2) is 4.79 Å². The van der Waals surface area contributed by atoms with Crippen LogP contribution in [0.15, 0.2) is 39.9 Å². The number of hydrogen-bond donors (Lipinski definition) is 1. The van der Waals surface area contributed by atoms with Gasteiger partial charge in [-0.05, 0) is 31.0 Å². The van der Waals surface area contributed by atoms with E-state index in [2.05, 4.69) is 5.32 Å². The highest BCUT2D eigenvalue weighted by atomic mass is 35.5. The molecule has 2 aromatic carbocycles. The van der Waals surface area contributed by atoms with Crippen LogP contribution in [0.3, 0.4) is 0 Å². The van der Waals surface area contributed by atoms with Crippen molar-refractivity contribution in [2.75, 3.05) is 26.1 Å². The summed E-state index contributed by atoms with van der Waals surface area (Å²) in [7, 11) is 2.89. The average molecular weight is 508 g/mol. The Morgan fingerprint density at radius 2 is 1.88 bits per heavy atom. The van der Waals surface area contributed by atoms with Crippen molar-refractivity contribution < 1.29 is 19.0 Å². The van der Waals surface area contributed by atoms with Gasteiger partial charge < -0.3 is 19.5 Å². The lowest BCUT2D eigenvalue weighted by atomic mass is 10.2. The van der Waals surface area contributed by atoms with Crippen LogP contribution in [-0.4, -0.2) is 42.0 Å². The third-order valence-electron chi connectivity index (χ3n) is 5.67. The molecule has 1 amide bonds. The molecule has 3 aromatic rings. The molecule has 1 aliphatic heterocycles. The van der Waals surface area contributed by atoms with Crippen molar-refractivity contribution in [3.63, 3.8) is 0 Å². The van der Waals surface area contributed by atoms with Gasteiger partial charge in [-0.1, -0.05) is 29.3 Å². The highest BCUT2D eigenvalue weighted by molar-refractivity contribution is 6.43. The summed E-state index contributed by atoms with van der Waals surface area (Å²) in [5, 5.41) is 3.34. The highest BCUT2D eigenvalue weighted by Crippen LogP contribution is 2.31. The molecule has 0 saturated carbocycles. The first-order valence-electron chi connectivity index (χ1n) is 10.6. The van der Waals surface area contributed by atoms with E-state index >= 15 is 0 Å². The van der Waals surface area contributed by atoms with Crippen LogP contribution in [0.2, 0.25) is 10.0 Å². The number of halogens is 2. The first-order chi connectivity index (χ1) is 16.3. The molecule has 34 heavy (non-hydrogen) atoms. The van der Waals surface area contributed by atoms with Gasteiger partial charge in [-0.3, -0.25) is 18.7 Å². The molecule has 2 heterocycles. The van der Waals surface area contributed by atoms with E-state index in [1.807, 2.05) is 0 Å². The Morgan fingerprint density at radius 1 is 1.15 bits per heavy atom. The summed E-state index contributed by atoms with van der Waals surface area (Å²) < 4.78 is 18.6. The van der Waals surface area contributed by atoms with Gasteiger partial charge in [0.05, 0.1) is 53.5 Å². The molecule has 9 nitrogen and oxygen atoms in total. The maximum Gasteiger partial charge on any atom is 0.332 e. The summed E-state index contributed by atoms with van der Waals surface area (Å²) >= 11 is 12.2. The third kappa shape index (κ3) is 4.64. The molecular formula is C23H23Cl2N3O6. The Kier molecular flexibility index (Phi) is 7.16. The summed E-state index contributed by atoms with van der Waals surface area (Å²) in [5.41, 5.74) is -0.578. The van der Waals surface area contributed by atoms with Gasteiger partial charge in [0, 0.05) is 12.7 Å². The highest BCUT2D eigenvalue weighted by Gasteiger charge is 2.23. The van der Waals surface area contributed by atoms with E-state index in [4.69, 9.17) is 37.4 Å². The molecule has 1 aliphatic rings. The normalized spacial score (nSPS) is 15.5. The topological polar surface area (TPSA) is 101 Å². The van der Waals surface area contributed by atoms with Crippen molar-refractivity contribution >= 4 is 45.7 Å². The van der Waals surface area contributed by atoms with E-state index in [0.29, 0.717) is 23.8 Å². The summed E-state index contributed by atoms with van der Waals surface area (Å²) in [4.78, 5) is 39.6. The lowest BCUT2D eigenvalue weighted by Gasteiger charge is -2.18. The number of ether oxygens (including phenoxy) is 3. The number of carbonyl (C=O) groups excluding carboxylic acids is 1. The lowest BCUT2D eigenvalue weighted by molar-refractivity contribution is -0.116. The van der Waals surface area contributed by atoms with E-state index in [9.17, 15) is 14.4 Å². The number of fused-ring (bicyclic) bond motifs is 1. The van der Waals surface area contributed by atoms with Crippen molar-refractivity contribution in [1.29, 1.82) is 0 Å². The van der Waals surface area contributed by atoms with Crippen molar-refractivity contribution in [2.24, 2.45) is 0 Å². The van der Waals surface area contributed by atoms with E-state index in [0.717, 1.165) is 17.4 Å². The second-order valence-corrected chi connectivity index (χ2v) is 8.58. The second-order valence-electron chi connectivity index (χ2n) is 7.79. The molecule has 1 aromatic heterocycles. The number of rotatable bonds is 7. The van der Waals surface area contributed by atoms with E-state index in [1.165, 1.54) is 30.9 Å². The first-order valence-corrected chi connectivity index (χ1v) is 11.3. The van der Waals surface area contributed by atoms with Crippen LogP contribution in [0.25, 0.3) is 10.9 Å². The average Bonchev–Trinajstić information content (AvgIpc) is 3.35. The number of anilines is 1. The molecule has 180 valence electrons. The SMILES string of the molecule is COc1cc2c(=O)n(C[C@H]3CCCO3)c(=O)n(CC(=O)Nc3cccc(Cl)c3Cl)c2cc1OC. The van der Waals surface area contributed by atoms with Crippen LogP contribution in [0.4, 0.5) is 5.69 Å². The number of carbonyl (C=O) groups is 1. The van der Waals surface area contributed by atoms with Gasteiger partial charge in [-0.15, -0.1) is 0 Å². The molecule has 11 heteroatoms. The van der Waals surface area contributed by atoms with Crippen molar-refractivity contribution in [3.8, 4) is 11.5 Å². The molecule has 0 spiro atoms. The fourth-order valence-electron chi connectivity index (χ4n) is 3.98. The Balaban J connectivity index is 1.82. The van der Waals surface area contributed by atoms with E-state index < -0.39 is 17.2 Å². The standard InChI is InChI=1S/C23H23Cl2N3O6/c1-32-18-9-14-17(10-19(18)33-2)27(12-20(29)26-16-7-3-6-15(24)21(16)25)23(31)28(22(14)30)11-13-5-4-8-34-13/h3,6-7,9-10,13H,4-5,8,11-12H2,1-2H3,(H,26,29)/t13-/m1/s1. The number of nitrogens with zero attached hydrogens (tertiary/aromatic N) is 2. The Morgan fingerprint density at radius 3 is 2.56 bits per heavy atom. The number of aromatic nitrogens is 2. The molecule has 0 aliphatic carbocycles. The molecule has 1 N–H and O–H groups in total. The number of benzene rings is 2. The van der Waals surface area contributed by atoms with Crippen LogP contribution < -0.4 is 26.0 Å². The van der Waals surface area contributed by atoms with Crippen LogP contribution in [0.5, 0.6) is 11.5 Å². The van der Waals surface area contributed by atoms with Crippen LogP contribution in [-0.2, 0) is 22.6 Å². The number of amides is 1. The number of nitrogens with one attached hydrogen (secondary N) is 1. The predicted octanol–water partition coefficient (Wildman–Crippen LogP) is 3.30. The molecule has 1 atom stereocenters. The van der Waals surface area contributed by atoms with Crippen molar-refractivity contribution in [3.05, 3.63) is 61.2 Å². The molecule has 0 unspecified atom stereocenters. The molecule has 1 fully saturated rings. The first kappa shape index (κ1) is 24.1. The number of hydrogen-bond acceptors (Lipinski definition) is 6. The molecule has 1 saturated heterocycles. The Bertz CT molecular complexity index is 1360. The zero-order chi connectivity index (χ0) is 24.4. The fraction of sp³-hybridized carbons (Fsp3) is 0.348. The minimum absolute atomic E-state index is 0.0870. The maximum absolute atomic E-state index is 13.4. The summed E-state index contributed by atoms with van der Waals surface area (Å²) in [6.45, 7) is 0.290. The Labute approximate surface area is 204 Å². The summed E-state index contributed by atoms with van der Waals surface area (Å²) in [6, 6.07) is 7.85. The van der Waals surface area contributed by atoms with Crippen LogP contribution in [0, 0.1) is 0 Å². The third-order valence-corrected chi connectivity index (χ3v) is 6.49. The minimum atomic E-state index is -0.632. The van der Waals surface area contributed by atoms with Gasteiger partial charge in [0.2, 0.25) is 5.91 Å². The predicted molar refractivity (Wildman–Crippen MR) is 130 cm³/mol. The zero-order valence-electron chi connectivity index (χ0n) is 18.6. The quantitative estimate of drug-likeness (QED) is 0.526. The zero-order valence-corrected chi connectivity index (χ0v) is 20.1. The molecule has 0 radical (unpaired) electrons. The number of methoxy groups -OCH3 is 2. The maximum atomic E-state index is 13.4. The fourth-order valence-corrected chi connectivity index (χ4v) is 4.33. The Hall–Kier alpha value is -3.01. The molecule has 0 bridgehead atoms. The smallest absolute Gasteiger partial charge is 0.332 e.